The number of amides is 1. The third-order valence-electron chi connectivity index (χ3n) is 5.68. The molecule has 158 valence electrons. The van der Waals surface area contributed by atoms with Gasteiger partial charge in [-0.3, -0.25) is 9.36 Å². The van der Waals surface area contributed by atoms with Crippen LogP contribution in [-0.4, -0.2) is 32.5 Å². The van der Waals surface area contributed by atoms with Crippen LogP contribution in [0.1, 0.15) is 43.9 Å². The summed E-state index contributed by atoms with van der Waals surface area (Å²) in [4.78, 5) is 12.6. The topological polar surface area (TPSA) is 73.0 Å². The average molecular weight is 425 g/mol. The Labute approximate surface area is 181 Å². The van der Waals surface area contributed by atoms with Crippen LogP contribution in [0.2, 0.25) is 0 Å². The van der Waals surface area contributed by atoms with Gasteiger partial charge in [-0.25, -0.2) is 0 Å². The van der Waals surface area contributed by atoms with Gasteiger partial charge in [-0.15, -0.1) is 10.2 Å². The van der Waals surface area contributed by atoms with Crippen molar-refractivity contribution >= 4 is 17.7 Å². The summed E-state index contributed by atoms with van der Waals surface area (Å²) < 4.78 is 7.57. The first-order valence-corrected chi connectivity index (χ1v) is 11.5. The molecule has 0 saturated heterocycles. The lowest BCUT2D eigenvalue weighted by atomic mass is 9.86. The van der Waals surface area contributed by atoms with E-state index in [1.807, 2.05) is 28.8 Å². The second-order valence-corrected chi connectivity index (χ2v) is 9.01. The van der Waals surface area contributed by atoms with Crippen LogP contribution in [-0.2, 0) is 11.3 Å². The van der Waals surface area contributed by atoms with Gasteiger partial charge >= 0.3 is 0 Å². The molecule has 0 unspecified atom stereocenters. The molecule has 2 aromatic heterocycles. The lowest BCUT2D eigenvalue weighted by molar-refractivity contribution is -0.119. The Morgan fingerprint density at radius 1 is 1.23 bits per heavy atom. The van der Waals surface area contributed by atoms with Gasteiger partial charge in [0.05, 0.1) is 18.6 Å². The maximum Gasteiger partial charge on any atom is 0.230 e. The van der Waals surface area contributed by atoms with Crippen molar-refractivity contribution in [3.05, 3.63) is 54.0 Å². The number of hydrogen-bond donors (Lipinski definition) is 1. The second-order valence-electron chi connectivity index (χ2n) is 8.07. The third-order valence-corrected chi connectivity index (χ3v) is 6.64. The molecule has 1 N–H and O–H groups in total. The van der Waals surface area contributed by atoms with Gasteiger partial charge < -0.3 is 9.73 Å². The first kappa shape index (κ1) is 20.7. The van der Waals surface area contributed by atoms with Gasteiger partial charge in [0, 0.05) is 11.6 Å². The molecule has 30 heavy (non-hydrogen) atoms. The minimum absolute atomic E-state index is 0.0587. The fraction of sp³-hybridized carbons (Fsp3) is 0.435. The van der Waals surface area contributed by atoms with Crippen molar-refractivity contribution in [1.29, 1.82) is 0 Å². The van der Waals surface area contributed by atoms with Crippen molar-refractivity contribution < 1.29 is 9.21 Å². The van der Waals surface area contributed by atoms with E-state index in [0.29, 0.717) is 18.2 Å². The maximum atomic E-state index is 12.6. The summed E-state index contributed by atoms with van der Waals surface area (Å²) in [5.74, 6) is 2.53. The lowest BCUT2D eigenvalue weighted by Gasteiger charge is -2.29. The van der Waals surface area contributed by atoms with Crippen molar-refractivity contribution in [2.45, 2.75) is 57.3 Å². The molecule has 0 radical (unpaired) electrons. The summed E-state index contributed by atoms with van der Waals surface area (Å²) in [6, 6.07) is 12.3. The maximum absolute atomic E-state index is 12.6. The molecule has 1 aliphatic carbocycles. The standard InChI is InChI=1S/C23H28N4O2S/c1-16-7-5-9-18(13-16)22-25-26-23(27(22)14-19-10-6-12-29-19)30-15-21(28)24-20-11-4-3-8-17(20)2/h5-7,9-10,12-13,17,20H,3-4,8,11,14-15H2,1-2H3,(H,24,28)/t17-,20+/m0/s1. The first-order valence-electron chi connectivity index (χ1n) is 10.5. The number of aryl methyl sites for hydroxylation is 1. The van der Waals surface area contributed by atoms with Crippen LogP contribution >= 0.6 is 11.8 Å². The Hall–Kier alpha value is -2.54. The van der Waals surface area contributed by atoms with E-state index < -0.39 is 0 Å². The molecule has 3 aromatic rings. The lowest BCUT2D eigenvalue weighted by Crippen LogP contribution is -2.41. The van der Waals surface area contributed by atoms with E-state index in [2.05, 4.69) is 41.5 Å². The fourth-order valence-corrected chi connectivity index (χ4v) is 4.75. The summed E-state index contributed by atoms with van der Waals surface area (Å²) in [5, 5.41) is 12.8. The number of benzene rings is 1. The zero-order valence-electron chi connectivity index (χ0n) is 17.5. The smallest absolute Gasteiger partial charge is 0.230 e. The van der Waals surface area contributed by atoms with Crippen molar-refractivity contribution in [1.82, 2.24) is 20.1 Å². The monoisotopic (exact) mass is 424 g/mol. The quantitative estimate of drug-likeness (QED) is 0.558. The van der Waals surface area contributed by atoms with Crippen molar-refractivity contribution in [3.8, 4) is 11.4 Å². The predicted molar refractivity (Wildman–Crippen MR) is 118 cm³/mol. The van der Waals surface area contributed by atoms with Crippen LogP contribution < -0.4 is 5.32 Å². The van der Waals surface area contributed by atoms with E-state index in [9.17, 15) is 4.79 Å². The molecule has 1 amide bonds. The minimum Gasteiger partial charge on any atom is -0.467 e. The average Bonchev–Trinajstić information content (AvgIpc) is 3.39. The summed E-state index contributed by atoms with van der Waals surface area (Å²) in [6.45, 7) is 4.81. The van der Waals surface area contributed by atoms with Crippen molar-refractivity contribution in [2.75, 3.05) is 5.75 Å². The van der Waals surface area contributed by atoms with Gasteiger partial charge in [-0.1, -0.05) is 55.3 Å². The van der Waals surface area contributed by atoms with Crippen molar-refractivity contribution in [3.63, 3.8) is 0 Å². The van der Waals surface area contributed by atoms with Crippen LogP contribution in [0.15, 0.2) is 52.2 Å². The highest BCUT2D eigenvalue weighted by Gasteiger charge is 2.23. The molecule has 1 aromatic carbocycles. The van der Waals surface area contributed by atoms with E-state index in [1.54, 1.807) is 6.26 Å². The highest BCUT2D eigenvalue weighted by Crippen LogP contribution is 2.27. The highest BCUT2D eigenvalue weighted by atomic mass is 32.2. The first-order chi connectivity index (χ1) is 14.6. The van der Waals surface area contributed by atoms with E-state index >= 15 is 0 Å². The highest BCUT2D eigenvalue weighted by molar-refractivity contribution is 7.99. The Morgan fingerprint density at radius 2 is 2.10 bits per heavy atom. The van der Waals surface area contributed by atoms with Crippen LogP contribution in [0.5, 0.6) is 0 Å². The molecular formula is C23H28N4O2S. The van der Waals surface area contributed by atoms with E-state index in [0.717, 1.165) is 34.3 Å². The Bertz CT molecular complexity index is 983. The van der Waals surface area contributed by atoms with E-state index in [-0.39, 0.29) is 11.9 Å². The van der Waals surface area contributed by atoms with Gasteiger partial charge in [-0.05, 0) is 43.9 Å². The predicted octanol–water partition coefficient (Wildman–Crippen LogP) is 4.68. The van der Waals surface area contributed by atoms with Crippen LogP contribution in [0.25, 0.3) is 11.4 Å². The molecule has 0 bridgehead atoms. The number of rotatable bonds is 7. The van der Waals surface area contributed by atoms with Crippen LogP contribution in [0, 0.1) is 12.8 Å². The SMILES string of the molecule is Cc1cccc(-c2nnc(SCC(=O)N[C@@H]3CCCC[C@@H]3C)n2Cc2ccco2)c1. The number of hydrogen-bond acceptors (Lipinski definition) is 5. The molecule has 6 nitrogen and oxygen atoms in total. The number of nitrogens with zero attached hydrogens (tertiary/aromatic N) is 3. The van der Waals surface area contributed by atoms with Crippen LogP contribution in [0.3, 0.4) is 0 Å². The fourth-order valence-electron chi connectivity index (χ4n) is 4.00. The zero-order chi connectivity index (χ0) is 20.9. The molecule has 1 aliphatic rings. The zero-order valence-corrected chi connectivity index (χ0v) is 18.3. The summed E-state index contributed by atoms with van der Waals surface area (Å²) in [6.07, 6.45) is 6.39. The van der Waals surface area contributed by atoms with Gasteiger partial charge in [0.25, 0.3) is 0 Å². The minimum atomic E-state index is 0.0587. The summed E-state index contributed by atoms with van der Waals surface area (Å²) >= 11 is 1.42. The van der Waals surface area contributed by atoms with Crippen LogP contribution in [0.4, 0.5) is 0 Å². The molecule has 4 rings (SSSR count). The molecule has 1 saturated carbocycles. The molecule has 0 spiro atoms. The molecule has 0 aliphatic heterocycles. The summed E-state index contributed by atoms with van der Waals surface area (Å²) in [7, 11) is 0. The van der Waals surface area contributed by atoms with Crippen molar-refractivity contribution in [2.24, 2.45) is 5.92 Å². The third kappa shape index (κ3) is 4.95. The Kier molecular flexibility index (Phi) is 6.57. The number of carbonyl (C=O) groups excluding carboxylic acids is 1. The number of aromatic nitrogens is 3. The van der Waals surface area contributed by atoms with Gasteiger partial charge in [0.15, 0.2) is 11.0 Å². The Morgan fingerprint density at radius 3 is 2.87 bits per heavy atom. The molecular weight excluding hydrogens is 396 g/mol. The molecule has 2 heterocycles. The van der Waals surface area contributed by atoms with Gasteiger partial charge in [-0.2, -0.15) is 0 Å². The molecule has 2 atom stereocenters. The Balaban J connectivity index is 1.50. The van der Waals surface area contributed by atoms with Gasteiger partial charge in [0.1, 0.15) is 5.76 Å². The van der Waals surface area contributed by atoms with Gasteiger partial charge in [0.2, 0.25) is 5.91 Å². The normalized spacial score (nSPS) is 19.0. The number of nitrogens with one attached hydrogen (secondary N) is 1. The largest absolute Gasteiger partial charge is 0.467 e. The number of thioether (sulfide) groups is 1. The summed E-state index contributed by atoms with van der Waals surface area (Å²) in [5.41, 5.74) is 2.16. The number of furan rings is 1. The van der Waals surface area contributed by atoms with E-state index in [1.165, 1.54) is 31.0 Å². The second kappa shape index (κ2) is 9.51. The number of carbonyl (C=O) groups is 1. The molecule has 1 fully saturated rings. The molecule has 7 heteroatoms. The van der Waals surface area contributed by atoms with E-state index in [4.69, 9.17) is 4.42 Å².